The van der Waals surface area contributed by atoms with Crippen molar-refractivity contribution >= 4 is 40.7 Å². The van der Waals surface area contributed by atoms with Gasteiger partial charge in [-0.15, -0.1) is 0 Å². The third kappa shape index (κ3) is 5.31. The van der Waals surface area contributed by atoms with Crippen molar-refractivity contribution in [1.82, 2.24) is 10.9 Å². The fourth-order valence-electron chi connectivity index (χ4n) is 3.20. The molecule has 35 heavy (non-hydrogen) atoms. The molecule has 1 aliphatic heterocycles. The number of hydrogen-bond acceptors (Lipinski definition) is 7. The Labute approximate surface area is 203 Å². The van der Waals surface area contributed by atoms with Crippen LogP contribution in [0.1, 0.15) is 20.7 Å². The van der Waals surface area contributed by atoms with E-state index >= 15 is 0 Å². The molecule has 0 fully saturated rings. The zero-order valence-electron chi connectivity index (χ0n) is 17.8. The number of carbonyl (C=O) groups excluding carboxylic acids is 3. The van der Waals surface area contributed by atoms with Crippen molar-refractivity contribution in [3.63, 3.8) is 0 Å². The quantitative estimate of drug-likeness (QED) is 0.363. The van der Waals surface area contributed by atoms with Crippen LogP contribution in [0, 0.1) is 10.1 Å². The van der Waals surface area contributed by atoms with Gasteiger partial charge >= 0.3 is 0 Å². The monoisotopic (exact) mass is 496 g/mol. The second-order valence-corrected chi connectivity index (χ2v) is 7.64. The van der Waals surface area contributed by atoms with E-state index in [0.717, 1.165) is 12.1 Å². The van der Waals surface area contributed by atoms with Gasteiger partial charge in [0.25, 0.3) is 23.4 Å². The molecule has 1 unspecified atom stereocenters. The van der Waals surface area contributed by atoms with E-state index in [1.165, 1.54) is 18.2 Å². The van der Waals surface area contributed by atoms with Gasteiger partial charge in [-0.3, -0.25) is 35.3 Å². The number of carbonyl (C=O) groups is 3. The smallest absolute Gasteiger partial charge is 0.283 e. The van der Waals surface area contributed by atoms with Crippen LogP contribution in [-0.2, 0) is 4.79 Å². The van der Waals surface area contributed by atoms with E-state index in [9.17, 15) is 24.5 Å². The number of nitrogens with zero attached hydrogens (tertiary/aromatic N) is 1. The molecule has 4 rings (SSSR count). The summed E-state index contributed by atoms with van der Waals surface area (Å²) in [5.74, 6) is -1.10. The number of anilines is 1. The first-order chi connectivity index (χ1) is 16.8. The van der Waals surface area contributed by atoms with Crippen molar-refractivity contribution in [3.8, 4) is 11.5 Å². The molecular weight excluding hydrogens is 480 g/mol. The maximum atomic E-state index is 12.7. The highest BCUT2D eigenvalue weighted by atomic mass is 35.5. The molecule has 0 bridgehead atoms. The van der Waals surface area contributed by atoms with Crippen molar-refractivity contribution in [2.45, 2.75) is 6.10 Å². The molecule has 11 nitrogen and oxygen atoms in total. The van der Waals surface area contributed by atoms with Crippen LogP contribution >= 0.6 is 11.6 Å². The van der Waals surface area contributed by atoms with Crippen molar-refractivity contribution < 1.29 is 28.8 Å². The van der Waals surface area contributed by atoms with Crippen LogP contribution in [0.2, 0.25) is 5.02 Å². The van der Waals surface area contributed by atoms with Gasteiger partial charge in [-0.05, 0) is 30.3 Å². The third-order valence-corrected chi connectivity index (χ3v) is 5.24. The lowest BCUT2D eigenvalue weighted by Gasteiger charge is -2.25. The van der Waals surface area contributed by atoms with Crippen LogP contribution < -0.4 is 25.6 Å². The molecule has 0 saturated carbocycles. The number of hydrogen-bond donors (Lipinski definition) is 3. The van der Waals surface area contributed by atoms with Crippen LogP contribution in [0.4, 0.5) is 11.4 Å². The minimum absolute atomic E-state index is 0.0180. The van der Waals surface area contributed by atoms with E-state index < -0.39 is 28.7 Å². The number of rotatable bonds is 5. The molecule has 3 amide bonds. The van der Waals surface area contributed by atoms with Gasteiger partial charge in [0, 0.05) is 12.1 Å². The molecule has 0 aromatic heterocycles. The van der Waals surface area contributed by atoms with Crippen LogP contribution in [0.5, 0.6) is 11.5 Å². The SMILES string of the molecule is O=C(Nc1ccccc1C(=O)NNC(=O)C1COc2ccccc2O1)c1ccc([N+](=O)[O-])cc1Cl. The molecule has 0 radical (unpaired) electrons. The molecule has 3 aromatic carbocycles. The standard InChI is InChI=1S/C23H17ClN4O7/c24-16-11-13(28(32)33)9-10-14(16)21(29)25-17-6-2-1-5-15(17)22(30)26-27-23(31)20-12-34-18-7-3-4-8-19(18)35-20/h1-11,20H,12H2,(H,25,29)(H,26,30)(H,27,31). The molecule has 3 aromatic rings. The van der Waals surface area contributed by atoms with Crippen LogP contribution in [0.15, 0.2) is 66.7 Å². The van der Waals surface area contributed by atoms with Crippen molar-refractivity contribution in [3.05, 3.63) is 93.0 Å². The van der Waals surface area contributed by atoms with Gasteiger partial charge < -0.3 is 14.8 Å². The van der Waals surface area contributed by atoms with E-state index in [-0.39, 0.29) is 34.1 Å². The number of nitrogens with one attached hydrogen (secondary N) is 3. The Morgan fingerprint density at radius 3 is 2.37 bits per heavy atom. The highest BCUT2D eigenvalue weighted by Crippen LogP contribution is 2.31. The normalized spacial score (nSPS) is 13.9. The molecular formula is C23H17ClN4O7. The van der Waals surface area contributed by atoms with Crippen LogP contribution in [0.25, 0.3) is 0 Å². The Morgan fingerprint density at radius 2 is 1.63 bits per heavy atom. The number of nitro benzene ring substituents is 1. The van der Waals surface area contributed by atoms with Gasteiger partial charge in [-0.25, -0.2) is 0 Å². The molecule has 1 aliphatic rings. The summed E-state index contributed by atoms with van der Waals surface area (Å²) < 4.78 is 11.1. The Balaban J connectivity index is 1.40. The number of non-ortho nitro benzene ring substituents is 1. The average Bonchev–Trinajstić information content (AvgIpc) is 2.86. The summed E-state index contributed by atoms with van der Waals surface area (Å²) in [6.45, 7) is -0.0403. The summed E-state index contributed by atoms with van der Waals surface area (Å²) in [4.78, 5) is 48.0. The predicted octanol–water partition coefficient (Wildman–Crippen LogP) is 3.10. The van der Waals surface area contributed by atoms with Crippen LogP contribution in [0.3, 0.4) is 0 Å². The molecule has 0 saturated heterocycles. The first kappa shape index (κ1) is 23.5. The topological polar surface area (TPSA) is 149 Å². The van der Waals surface area contributed by atoms with Gasteiger partial charge in [0.15, 0.2) is 11.5 Å². The lowest BCUT2D eigenvalue weighted by molar-refractivity contribution is -0.384. The molecule has 0 spiro atoms. The number of benzene rings is 3. The number of fused-ring (bicyclic) bond motifs is 1. The van der Waals surface area contributed by atoms with Crippen molar-refractivity contribution in [1.29, 1.82) is 0 Å². The number of ether oxygens (including phenoxy) is 2. The minimum Gasteiger partial charge on any atom is -0.485 e. The molecule has 1 heterocycles. The molecule has 1 atom stereocenters. The average molecular weight is 497 g/mol. The molecule has 0 aliphatic carbocycles. The number of nitro groups is 1. The number of amides is 3. The van der Waals surface area contributed by atoms with E-state index in [4.69, 9.17) is 21.1 Å². The van der Waals surface area contributed by atoms with Gasteiger partial charge in [0.05, 0.1) is 26.8 Å². The minimum atomic E-state index is -0.982. The van der Waals surface area contributed by atoms with Gasteiger partial charge in [0.1, 0.15) is 6.61 Å². The Bertz CT molecular complexity index is 1330. The highest BCUT2D eigenvalue weighted by molar-refractivity contribution is 6.34. The molecule has 3 N–H and O–H groups in total. The first-order valence-corrected chi connectivity index (χ1v) is 10.5. The number of para-hydroxylation sites is 3. The number of halogens is 1. The zero-order chi connectivity index (χ0) is 24.9. The highest BCUT2D eigenvalue weighted by Gasteiger charge is 2.28. The summed E-state index contributed by atoms with van der Waals surface area (Å²) in [7, 11) is 0. The van der Waals surface area contributed by atoms with E-state index in [1.807, 2.05) is 0 Å². The lowest BCUT2D eigenvalue weighted by Crippen LogP contribution is -2.50. The summed E-state index contributed by atoms with van der Waals surface area (Å²) in [6.07, 6.45) is -0.982. The maximum absolute atomic E-state index is 12.7. The van der Waals surface area contributed by atoms with Gasteiger partial charge in [0.2, 0.25) is 6.10 Å². The second-order valence-electron chi connectivity index (χ2n) is 7.23. The van der Waals surface area contributed by atoms with Crippen LogP contribution in [-0.4, -0.2) is 35.4 Å². The van der Waals surface area contributed by atoms with Gasteiger partial charge in [-0.1, -0.05) is 35.9 Å². The van der Waals surface area contributed by atoms with E-state index in [0.29, 0.717) is 11.5 Å². The maximum Gasteiger partial charge on any atom is 0.283 e. The number of hydrazine groups is 1. The van der Waals surface area contributed by atoms with Crippen molar-refractivity contribution in [2.75, 3.05) is 11.9 Å². The van der Waals surface area contributed by atoms with Gasteiger partial charge in [-0.2, -0.15) is 0 Å². The lowest BCUT2D eigenvalue weighted by atomic mass is 10.1. The Morgan fingerprint density at radius 1 is 0.914 bits per heavy atom. The fourth-order valence-corrected chi connectivity index (χ4v) is 3.46. The summed E-state index contributed by atoms with van der Waals surface area (Å²) in [5.41, 5.74) is 4.45. The Kier molecular flexibility index (Phi) is 6.78. The third-order valence-electron chi connectivity index (χ3n) is 4.93. The molecule has 178 valence electrons. The van der Waals surface area contributed by atoms with E-state index in [1.54, 1.807) is 36.4 Å². The second kappa shape index (κ2) is 10.1. The summed E-state index contributed by atoms with van der Waals surface area (Å²) in [5, 5.41) is 13.3. The molecule has 12 heteroatoms. The summed E-state index contributed by atoms with van der Waals surface area (Å²) >= 11 is 6.01. The zero-order valence-corrected chi connectivity index (χ0v) is 18.6. The predicted molar refractivity (Wildman–Crippen MR) is 124 cm³/mol. The van der Waals surface area contributed by atoms with Crippen molar-refractivity contribution in [2.24, 2.45) is 0 Å². The Hall–Kier alpha value is -4.64. The first-order valence-electron chi connectivity index (χ1n) is 10.2. The summed E-state index contributed by atoms with van der Waals surface area (Å²) in [6, 6.07) is 16.4. The largest absolute Gasteiger partial charge is 0.485 e. The van der Waals surface area contributed by atoms with E-state index in [2.05, 4.69) is 16.2 Å². The fraction of sp³-hybridized carbons (Fsp3) is 0.0870.